The zero-order valence-corrected chi connectivity index (χ0v) is 19.2. The first-order valence-corrected chi connectivity index (χ1v) is 10.9. The van der Waals surface area contributed by atoms with E-state index in [2.05, 4.69) is 15.5 Å². The zero-order valence-electron chi connectivity index (χ0n) is 19.2. The van der Waals surface area contributed by atoms with E-state index in [9.17, 15) is 24.9 Å². The lowest BCUT2D eigenvalue weighted by molar-refractivity contribution is -0.252. The van der Waals surface area contributed by atoms with Crippen molar-refractivity contribution in [2.75, 3.05) is 10.6 Å². The van der Waals surface area contributed by atoms with Gasteiger partial charge in [-0.1, -0.05) is 6.07 Å². The number of carbonyl (C=O) groups excluding carboxylic acids is 1. The third kappa shape index (κ3) is 6.34. The van der Waals surface area contributed by atoms with Crippen molar-refractivity contribution in [3.8, 4) is 23.0 Å². The van der Waals surface area contributed by atoms with Gasteiger partial charge in [0.15, 0.2) is 0 Å². The van der Waals surface area contributed by atoms with E-state index in [1.54, 1.807) is 54.6 Å². The molecule has 10 nitrogen and oxygen atoms in total. The number of phenolic OH excluding ortho intramolecular Hbond substituents is 2. The second-order valence-electron chi connectivity index (χ2n) is 7.88. The normalized spacial score (nSPS) is 10.5. The highest BCUT2D eigenvalue weighted by Crippen LogP contribution is 2.29. The average molecular weight is 502 g/mol. The summed E-state index contributed by atoms with van der Waals surface area (Å²) in [4.78, 5) is 28.1. The van der Waals surface area contributed by atoms with Crippen LogP contribution in [0.25, 0.3) is 0 Å². The van der Waals surface area contributed by atoms with E-state index in [4.69, 9.17) is 9.99 Å². The summed E-state index contributed by atoms with van der Waals surface area (Å²) < 4.78 is 5.83. The molecule has 0 atom stereocenters. The summed E-state index contributed by atoms with van der Waals surface area (Å²) >= 11 is 0. The van der Waals surface area contributed by atoms with E-state index in [-0.39, 0.29) is 29.2 Å². The van der Waals surface area contributed by atoms with Crippen molar-refractivity contribution in [1.82, 2.24) is 0 Å². The minimum atomic E-state index is -1.28. The molecule has 0 spiro atoms. The SMILES string of the molecule is O=C(O)c1ccc(O)cc1C(=O)Nc1ccc(Oc2ccc(Nc3cc(O)ccc3COO)cc2)cc1. The van der Waals surface area contributed by atoms with E-state index in [1.807, 2.05) is 0 Å². The monoisotopic (exact) mass is 502 g/mol. The van der Waals surface area contributed by atoms with E-state index >= 15 is 0 Å². The van der Waals surface area contributed by atoms with Gasteiger partial charge in [0.1, 0.15) is 29.6 Å². The maximum atomic E-state index is 12.6. The van der Waals surface area contributed by atoms with Crippen molar-refractivity contribution in [3.05, 3.63) is 102 Å². The van der Waals surface area contributed by atoms with Crippen LogP contribution in [-0.2, 0) is 11.5 Å². The minimum Gasteiger partial charge on any atom is -0.508 e. The Morgan fingerprint density at radius 2 is 1.32 bits per heavy atom. The van der Waals surface area contributed by atoms with Crippen LogP contribution in [0.5, 0.6) is 23.0 Å². The van der Waals surface area contributed by atoms with Crippen molar-refractivity contribution < 1.29 is 39.8 Å². The first-order chi connectivity index (χ1) is 17.8. The van der Waals surface area contributed by atoms with Gasteiger partial charge in [-0.25, -0.2) is 9.68 Å². The molecule has 0 bridgehead atoms. The fourth-order valence-electron chi connectivity index (χ4n) is 3.49. The number of amides is 1. The van der Waals surface area contributed by atoms with Crippen LogP contribution in [0, 0.1) is 0 Å². The molecule has 10 heteroatoms. The van der Waals surface area contributed by atoms with Gasteiger partial charge in [-0.3, -0.25) is 10.1 Å². The topological polar surface area (TPSA) is 158 Å². The Balaban J connectivity index is 1.40. The van der Waals surface area contributed by atoms with Gasteiger partial charge in [0.05, 0.1) is 11.1 Å². The molecular formula is C27H22N2O8. The largest absolute Gasteiger partial charge is 0.508 e. The number of benzene rings is 4. The average Bonchev–Trinajstić information content (AvgIpc) is 2.88. The Bertz CT molecular complexity index is 1420. The number of anilines is 3. The predicted molar refractivity (Wildman–Crippen MR) is 135 cm³/mol. The molecule has 0 unspecified atom stereocenters. The smallest absolute Gasteiger partial charge is 0.336 e. The Hall–Kier alpha value is -5.06. The Labute approximate surface area is 210 Å². The number of phenols is 2. The van der Waals surface area contributed by atoms with Crippen molar-refractivity contribution in [2.45, 2.75) is 6.61 Å². The van der Waals surface area contributed by atoms with Crippen molar-refractivity contribution in [3.63, 3.8) is 0 Å². The standard InChI is InChI=1S/C27H22N2O8/c30-19-7-12-23(27(33)34)24(13-19)26(32)29-18-4-10-22(11-5-18)37-21-8-2-17(3-9-21)28-25-14-20(31)6-1-16(25)15-36-35/h1-14,28,30-31,35H,15H2,(H,29,32)(H,33,34). The summed E-state index contributed by atoms with van der Waals surface area (Å²) in [6, 6.07) is 21.6. The quantitative estimate of drug-likeness (QED) is 0.127. The first-order valence-electron chi connectivity index (χ1n) is 10.9. The molecule has 37 heavy (non-hydrogen) atoms. The number of aromatic hydroxyl groups is 2. The number of rotatable bonds is 9. The van der Waals surface area contributed by atoms with Gasteiger partial charge in [0.25, 0.3) is 5.91 Å². The lowest BCUT2D eigenvalue weighted by Gasteiger charge is -2.13. The summed E-state index contributed by atoms with van der Waals surface area (Å²) in [6.45, 7) is -0.0468. The van der Waals surface area contributed by atoms with Gasteiger partial charge >= 0.3 is 5.97 Å². The highest BCUT2D eigenvalue weighted by atomic mass is 17.1. The molecule has 0 aromatic heterocycles. The van der Waals surface area contributed by atoms with Crippen molar-refractivity contribution in [1.29, 1.82) is 0 Å². The molecule has 0 saturated carbocycles. The van der Waals surface area contributed by atoms with Gasteiger partial charge in [0.2, 0.25) is 0 Å². The number of carbonyl (C=O) groups is 2. The second kappa shape index (κ2) is 11.1. The van der Waals surface area contributed by atoms with Crippen LogP contribution in [-0.4, -0.2) is 32.5 Å². The van der Waals surface area contributed by atoms with Crippen LogP contribution in [0.1, 0.15) is 26.3 Å². The molecule has 4 aromatic carbocycles. The lowest BCUT2D eigenvalue weighted by atomic mass is 10.1. The number of carboxylic acid groups (broad SMARTS) is 1. The molecule has 4 aromatic rings. The van der Waals surface area contributed by atoms with E-state index in [0.717, 1.165) is 12.1 Å². The summed E-state index contributed by atoms with van der Waals surface area (Å²) in [6.07, 6.45) is 0. The number of hydrogen-bond donors (Lipinski definition) is 6. The Kier molecular flexibility index (Phi) is 7.53. The molecule has 0 saturated heterocycles. The summed E-state index contributed by atoms with van der Waals surface area (Å²) in [5, 5.41) is 43.1. The summed E-state index contributed by atoms with van der Waals surface area (Å²) in [7, 11) is 0. The maximum absolute atomic E-state index is 12.6. The van der Waals surface area contributed by atoms with Gasteiger partial charge in [0, 0.05) is 28.7 Å². The Morgan fingerprint density at radius 1 is 0.730 bits per heavy atom. The maximum Gasteiger partial charge on any atom is 0.336 e. The van der Waals surface area contributed by atoms with Gasteiger partial charge in [-0.05, 0) is 72.8 Å². The van der Waals surface area contributed by atoms with Crippen molar-refractivity contribution in [2.24, 2.45) is 0 Å². The molecule has 0 aliphatic heterocycles. The van der Waals surface area contributed by atoms with Crippen molar-refractivity contribution >= 4 is 28.9 Å². The first kappa shape index (κ1) is 25.0. The van der Waals surface area contributed by atoms with E-state index < -0.39 is 11.9 Å². The summed E-state index contributed by atoms with van der Waals surface area (Å²) in [5.41, 5.74) is 1.95. The molecule has 1 amide bonds. The lowest BCUT2D eigenvalue weighted by Crippen LogP contribution is -2.16. The van der Waals surface area contributed by atoms with Gasteiger partial charge in [-0.2, -0.15) is 0 Å². The highest BCUT2D eigenvalue weighted by Gasteiger charge is 2.17. The zero-order chi connectivity index (χ0) is 26.4. The fourth-order valence-corrected chi connectivity index (χ4v) is 3.49. The minimum absolute atomic E-state index is 0.0468. The fraction of sp³-hybridized carbons (Fsp3) is 0.0370. The van der Waals surface area contributed by atoms with Crippen LogP contribution in [0.15, 0.2) is 84.9 Å². The third-order valence-corrected chi connectivity index (χ3v) is 5.27. The number of hydrogen-bond acceptors (Lipinski definition) is 8. The summed E-state index contributed by atoms with van der Waals surface area (Å²) in [5.74, 6) is -1.07. The third-order valence-electron chi connectivity index (χ3n) is 5.27. The second-order valence-corrected chi connectivity index (χ2v) is 7.88. The predicted octanol–water partition coefficient (Wildman–Crippen LogP) is 5.57. The van der Waals surface area contributed by atoms with Gasteiger partial charge < -0.3 is 30.7 Å². The molecule has 0 heterocycles. The number of ether oxygens (including phenoxy) is 1. The highest BCUT2D eigenvalue weighted by molar-refractivity contribution is 6.11. The van der Waals surface area contributed by atoms with Crippen LogP contribution in [0.3, 0.4) is 0 Å². The molecule has 188 valence electrons. The number of carboxylic acids is 1. The van der Waals surface area contributed by atoms with Crippen LogP contribution >= 0.6 is 0 Å². The number of nitrogens with one attached hydrogen (secondary N) is 2. The van der Waals surface area contributed by atoms with E-state index in [0.29, 0.717) is 34.1 Å². The van der Waals surface area contributed by atoms with Crippen LogP contribution < -0.4 is 15.4 Å². The molecular weight excluding hydrogens is 480 g/mol. The van der Waals surface area contributed by atoms with Crippen LogP contribution in [0.4, 0.5) is 17.1 Å². The molecule has 4 rings (SSSR count). The Morgan fingerprint density at radius 3 is 1.95 bits per heavy atom. The molecule has 6 N–H and O–H groups in total. The molecule has 0 aliphatic carbocycles. The molecule has 0 radical (unpaired) electrons. The van der Waals surface area contributed by atoms with Crippen LogP contribution in [0.2, 0.25) is 0 Å². The molecule has 0 fully saturated rings. The number of aromatic carboxylic acids is 1. The van der Waals surface area contributed by atoms with Gasteiger partial charge in [-0.15, -0.1) is 0 Å². The molecule has 0 aliphatic rings. The van der Waals surface area contributed by atoms with E-state index in [1.165, 1.54) is 18.2 Å².